The molecule has 0 aliphatic heterocycles. The van der Waals surface area contributed by atoms with E-state index in [0.717, 1.165) is 6.42 Å². The quantitative estimate of drug-likeness (QED) is 0.622. The highest BCUT2D eigenvalue weighted by Gasteiger charge is 2.21. The molecule has 2 atom stereocenters. The molecular weight excluding hydrogens is 240 g/mol. The molecule has 1 heterocycles. The smallest absolute Gasteiger partial charge is 0.343 e. The molecule has 6 nitrogen and oxygen atoms in total. The fraction of sp³-hybridized carbons (Fsp3) is 0.800. The molecule has 2 unspecified atom stereocenters. The van der Waals surface area contributed by atoms with Gasteiger partial charge in [0, 0.05) is 13.1 Å². The summed E-state index contributed by atoms with van der Waals surface area (Å²) in [6.07, 6.45) is 0.830. The number of thioether (sulfide) groups is 1. The minimum Gasteiger partial charge on any atom is -0.395 e. The molecule has 1 rings (SSSR count). The highest BCUT2D eigenvalue weighted by atomic mass is 32.2. The molecule has 0 fully saturated rings. The number of aliphatic hydroxyl groups excluding tert-OH is 1. The predicted molar refractivity (Wildman–Crippen MR) is 68.0 cm³/mol. The van der Waals surface area contributed by atoms with Crippen molar-refractivity contribution in [3.8, 4) is 0 Å². The van der Waals surface area contributed by atoms with Crippen molar-refractivity contribution in [2.75, 3.05) is 6.61 Å². The maximum absolute atomic E-state index is 11.2. The lowest BCUT2D eigenvalue weighted by Crippen LogP contribution is -2.36. The molecular formula is C10H20N4O2S. The van der Waals surface area contributed by atoms with Crippen molar-refractivity contribution in [1.82, 2.24) is 14.8 Å². The van der Waals surface area contributed by atoms with Gasteiger partial charge in [-0.2, -0.15) is 0 Å². The molecule has 0 saturated carbocycles. The highest BCUT2D eigenvalue weighted by Crippen LogP contribution is 2.23. The van der Waals surface area contributed by atoms with E-state index in [4.69, 9.17) is 5.73 Å². The summed E-state index contributed by atoms with van der Waals surface area (Å²) < 4.78 is 1.41. The van der Waals surface area contributed by atoms with Gasteiger partial charge in [0.25, 0.3) is 0 Å². The number of hydrogen-bond donors (Lipinski definition) is 3. The van der Waals surface area contributed by atoms with Crippen LogP contribution in [0, 0.1) is 5.92 Å². The maximum Gasteiger partial charge on any atom is 0.343 e. The molecule has 17 heavy (non-hydrogen) atoms. The topological polar surface area (TPSA) is 96.9 Å². The van der Waals surface area contributed by atoms with Crippen molar-refractivity contribution in [2.45, 2.75) is 36.7 Å². The Morgan fingerprint density at radius 2 is 2.24 bits per heavy atom. The van der Waals surface area contributed by atoms with Crippen LogP contribution in [0.4, 0.5) is 0 Å². The lowest BCUT2D eigenvalue weighted by molar-refractivity contribution is 0.274. The zero-order chi connectivity index (χ0) is 13.0. The van der Waals surface area contributed by atoms with Crippen LogP contribution in [0.3, 0.4) is 0 Å². The second kappa shape index (κ2) is 6.23. The summed E-state index contributed by atoms with van der Waals surface area (Å²) >= 11 is 1.33. The van der Waals surface area contributed by atoms with Crippen LogP contribution in [0.25, 0.3) is 0 Å². The number of rotatable bonds is 6. The maximum atomic E-state index is 11.2. The number of nitrogens with two attached hydrogens (primary N) is 1. The average Bonchev–Trinajstić information content (AvgIpc) is 2.56. The third-order valence-electron chi connectivity index (χ3n) is 2.50. The zero-order valence-electron chi connectivity index (χ0n) is 10.4. The third kappa shape index (κ3) is 3.86. The molecule has 0 bridgehead atoms. The van der Waals surface area contributed by atoms with Gasteiger partial charge in [-0.25, -0.2) is 9.89 Å². The molecule has 0 aliphatic carbocycles. The number of aromatic nitrogens is 3. The monoisotopic (exact) mass is 260 g/mol. The fourth-order valence-corrected chi connectivity index (χ4v) is 2.50. The van der Waals surface area contributed by atoms with Gasteiger partial charge >= 0.3 is 5.69 Å². The third-order valence-corrected chi connectivity index (χ3v) is 3.87. The Kier molecular flexibility index (Phi) is 5.23. The fourth-order valence-electron chi connectivity index (χ4n) is 1.53. The highest BCUT2D eigenvalue weighted by molar-refractivity contribution is 7.99. The Morgan fingerprint density at radius 1 is 1.59 bits per heavy atom. The lowest BCUT2D eigenvalue weighted by atomic mass is 10.0. The van der Waals surface area contributed by atoms with Crippen molar-refractivity contribution >= 4 is 11.8 Å². The summed E-state index contributed by atoms with van der Waals surface area (Å²) in [6.45, 7) is 4.14. The molecule has 1 aromatic rings. The summed E-state index contributed by atoms with van der Waals surface area (Å²) in [6, 6.07) is -0.114. The summed E-state index contributed by atoms with van der Waals surface area (Å²) in [5.41, 5.74) is 5.77. The first kappa shape index (κ1) is 14.3. The van der Waals surface area contributed by atoms with E-state index in [1.807, 2.05) is 0 Å². The van der Waals surface area contributed by atoms with Crippen LogP contribution in [0.2, 0.25) is 0 Å². The van der Waals surface area contributed by atoms with Gasteiger partial charge in [-0.05, 0) is 12.3 Å². The molecule has 7 heteroatoms. The van der Waals surface area contributed by atoms with E-state index in [0.29, 0.717) is 11.1 Å². The van der Waals surface area contributed by atoms with Gasteiger partial charge in [0.1, 0.15) is 0 Å². The number of hydrogen-bond acceptors (Lipinski definition) is 5. The van der Waals surface area contributed by atoms with Crippen LogP contribution < -0.4 is 11.4 Å². The lowest BCUT2D eigenvalue weighted by Gasteiger charge is -2.22. The first-order valence-corrected chi connectivity index (χ1v) is 6.48. The molecule has 0 spiro atoms. The average molecular weight is 260 g/mol. The zero-order valence-corrected chi connectivity index (χ0v) is 11.2. The molecule has 0 radical (unpaired) electrons. The van der Waals surface area contributed by atoms with Gasteiger partial charge in [0.05, 0.1) is 11.9 Å². The first-order chi connectivity index (χ1) is 7.95. The summed E-state index contributed by atoms with van der Waals surface area (Å²) in [4.78, 5) is 11.2. The van der Waals surface area contributed by atoms with Gasteiger partial charge in [0.15, 0.2) is 5.16 Å². The molecule has 98 valence electrons. The Balaban J connectivity index is 2.70. The second-order valence-corrected chi connectivity index (χ2v) is 5.71. The van der Waals surface area contributed by atoms with E-state index in [-0.39, 0.29) is 23.6 Å². The van der Waals surface area contributed by atoms with Crippen LogP contribution >= 0.6 is 11.8 Å². The molecule has 0 saturated heterocycles. The van der Waals surface area contributed by atoms with Gasteiger partial charge in [-0.1, -0.05) is 25.6 Å². The van der Waals surface area contributed by atoms with E-state index in [2.05, 4.69) is 24.0 Å². The Bertz CT molecular complexity index is 401. The van der Waals surface area contributed by atoms with Crippen molar-refractivity contribution in [2.24, 2.45) is 18.7 Å². The second-order valence-electron chi connectivity index (χ2n) is 4.50. The van der Waals surface area contributed by atoms with Crippen LogP contribution in [-0.2, 0) is 7.05 Å². The van der Waals surface area contributed by atoms with E-state index < -0.39 is 0 Å². The summed E-state index contributed by atoms with van der Waals surface area (Å²) in [5, 5.41) is 16.0. The number of aliphatic hydroxyl groups is 1. The number of nitrogens with one attached hydrogen (secondary N) is 1. The minimum absolute atomic E-state index is 0.0282. The van der Waals surface area contributed by atoms with Crippen molar-refractivity contribution in [1.29, 1.82) is 0 Å². The van der Waals surface area contributed by atoms with Crippen LogP contribution in [0.1, 0.15) is 20.3 Å². The van der Waals surface area contributed by atoms with E-state index >= 15 is 0 Å². The summed E-state index contributed by atoms with van der Waals surface area (Å²) in [7, 11) is 1.64. The van der Waals surface area contributed by atoms with Gasteiger partial charge < -0.3 is 10.8 Å². The molecule has 0 amide bonds. The number of H-pyrrole nitrogens is 1. The van der Waals surface area contributed by atoms with Crippen LogP contribution in [0.5, 0.6) is 0 Å². The normalized spacial score (nSPS) is 15.2. The number of nitrogens with zero attached hydrogens (tertiary/aromatic N) is 2. The van der Waals surface area contributed by atoms with Crippen molar-refractivity contribution < 1.29 is 5.11 Å². The van der Waals surface area contributed by atoms with Gasteiger partial charge in [-0.15, -0.1) is 5.10 Å². The van der Waals surface area contributed by atoms with Crippen molar-refractivity contribution in [3.63, 3.8) is 0 Å². The molecule has 0 aromatic carbocycles. The van der Waals surface area contributed by atoms with Crippen molar-refractivity contribution in [3.05, 3.63) is 10.5 Å². The van der Waals surface area contributed by atoms with E-state index in [9.17, 15) is 9.90 Å². The van der Waals surface area contributed by atoms with E-state index in [1.54, 1.807) is 7.05 Å². The Hall–Kier alpha value is -0.790. The largest absolute Gasteiger partial charge is 0.395 e. The summed E-state index contributed by atoms with van der Waals surface area (Å²) in [5.74, 6) is 0.475. The van der Waals surface area contributed by atoms with Crippen LogP contribution in [0.15, 0.2) is 9.95 Å². The molecule has 0 aliphatic rings. The first-order valence-electron chi connectivity index (χ1n) is 5.60. The number of aromatic amines is 1. The van der Waals surface area contributed by atoms with Gasteiger partial charge in [0.2, 0.25) is 0 Å². The van der Waals surface area contributed by atoms with Gasteiger partial charge in [-0.3, -0.25) is 4.57 Å². The molecule has 4 N–H and O–H groups in total. The SMILES string of the molecule is CC(C)CC(N)C(CO)Sc1n[nH]c(=O)n1C. The minimum atomic E-state index is -0.262. The van der Waals surface area contributed by atoms with E-state index in [1.165, 1.54) is 16.3 Å². The standard InChI is InChI=1S/C10H20N4O2S/c1-6(2)4-7(11)8(5-15)17-10-13-12-9(16)14(10)3/h6-8,15H,4-5,11H2,1-3H3,(H,12,16). The molecule has 1 aromatic heterocycles. The van der Waals surface area contributed by atoms with Crippen LogP contribution in [-0.4, -0.2) is 37.8 Å². The predicted octanol–water partition coefficient (Wildman–Crippen LogP) is -0.0652. The Morgan fingerprint density at radius 3 is 2.65 bits per heavy atom. The Labute approximate surface area is 105 Å².